The van der Waals surface area contributed by atoms with Gasteiger partial charge in [0.05, 0.1) is 12.8 Å². The predicted molar refractivity (Wildman–Crippen MR) is 76.1 cm³/mol. The van der Waals surface area contributed by atoms with E-state index in [0.29, 0.717) is 11.3 Å². The number of ether oxygens (including phenoxy) is 1. The molecule has 8 heteroatoms. The average Bonchev–Trinajstić information content (AvgIpc) is 3.08. The predicted octanol–water partition coefficient (Wildman–Crippen LogP) is 3.36. The molecule has 23 heavy (non-hydrogen) atoms. The van der Waals surface area contributed by atoms with E-state index in [1.54, 1.807) is 24.3 Å². The summed E-state index contributed by atoms with van der Waals surface area (Å²) in [6.07, 6.45) is -0.323. The van der Waals surface area contributed by atoms with Gasteiger partial charge in [0, 0.05) is 18.0 Å². The fraction of sp³-hybridized carbons (Fsp3) is 0.133. The van der Waals surface area contributed by atoms with E-state index in [9.17, 15) is 13.2 Å². The number of rotatable bonds is 3. The number of methoxy groups -OCH3 is 1. The lowest BCUT2D eigenvalue weighted by Crippen LogP contribution is -2.12. The Hall–Kier alpha value is -2.90. The van der Waals surface area contributed by atoms with Crippen LogP contribution in [0.2, 0.25) is 0 Å². The first-order valence-electron chi connectivity index (χ1n) is 6.56. The summed E-state index contributed by atoms with van der Waals surface area (Å²) in [6, 6.07) is 7.56. The SMILES string of the molecule is COc1cccc(-c2cc(C(F)(F)F)nc(-n3ccnc3)n2)c1. The molecule has 0 unspecified atom stereocenters. The van der Waals surface area contributed by atoms with Crippen LogP contribution in [0.25, 0.3) is 17.2 Å². The van der Waals surface area contributed by atoms with Crippen LogP contribution in [0, 0.1) is 0 Å². The molecule has 5 nitrogen and oxygen atoms in total. The highest BCUT2D eigenvalue weighted by Crippen LogP contribution is 2.31. The molecular weight excluding hydrogens is 309 g/mol. The van der Waals surface area contributed by atoms with Crippen LogP contribution in [0.1, 0.15) is 5.69 Å². The van der Waals surface area contributed by atoms with E-state index in [1.165, 1.54) is 30.4 Å². The van der Waals surface area contributed by atoms with Crippen molar-refractivity contribution in [2.75, 3.05) is 7.11 Å². The minimum atomic E-state index is -4.58. The van der Waals surface area contributed by atoms with Crippen LogP contribution in [0.4, 0.5) is 13.2 Å². The van der Waals surface area contributed by atoms with Crippen molar-refractivity contribution in [3.8, 4) is 23.0 Å². The molecule has 0 saturated carbocycles. The summed E-state index contributed by atoms with van der Waals surface area (Å²) in [6.45, 7) is 0. The second kappa shape index (κ2) is 5.71. The van der Waals surface area contributed by atoms with E-state index in [-0.39, 0.29) is 11.6 Å². The second-order valence-electron chi connectivity index (χ2n) is 4.64. The summed E-state index contributed by atoms with van der Waals surface area (Å²) >= 11 is 0. The van der Waals surface area contributed by atoms with Gasteiger partial charge in [-0.05, 0) is 18.2 Å². The molecule has 0 aliphatic carbocycles. The molecule has 0 radical (unpaired) electrons. The van der Waals surface area contributed by atoms with Crippen molar-refractivity contribution < 1.29 is 17.9 Å². The molecule has 0 N–H and O–H groups in total. The normalized spacial score (nSPS) is 11.5. The summed E-state index contributed by atoms with van der Waals surface area (Å²) in [5.41, 5.74) is -0.373. The minimum Gasteiger partial charge on any atom is -0.497 e. The molecule has 0 fully saturated rings. The third-order valence-electron chi connectivity index (χ3n) is 3.11. The van der Waals surface area contributed by atoms with Crippen molar-refractivity contribution in [2.24, 2.45) is 0 Å². The maximum absolute atomic E-state index is 13.1. The van der Waals surface area contributed by atoms with Gasteiger partial charge in [0.2, 0.25) is 5.95 Å². The molecule has 2 heterocycles. The standard InChI is InChI=1S/C15H11F3N4O/c1-23-11-4-2-3-10(7-11)12-8-13(15(16,17)18)21-14(20-12)22-6-5-19-9-22/h2-9H,1H3. The second-order valence-corrected chi connectivity index (χ2v) is 4.64. The minimum absolute atomic E-state index is 0.102. The van der Waals surface area contributed by atoms with Gasteiger partial charge in [0.1, 0.15) is 12.1 Å². The first-order chi connectivity index (χ1) is 11.0. The smallest absolute Gasteiger partial charge is 0.433 e. The van der Waals surface area contributed by atoms with Crippen molar-refractivity contribution >= 4 is 0 Å². The summed E-state index contributed by atoms with van der Waals surface area (Å²) < 4.78 is 45.7. The molecule has 118 valence electrons. The van der Waals surface area contributed by atoms with Gasteiger partial charge in [-0.1, -0.05) is 12.1 Å². The zero-order chi connectivity index (χ0) is 16.4. The summed E-state index contributed by atoms with van der Waals surface area (Å²) in [4.78, 5) is 11.6. The van der Waals surface area contributed by atoms with Gasteiger partial charge in [-0.15, -0.1) is 0 Å². The maximum Gasteiger partial charge on any atom is 0.433 e. The number of alkyl halides is 3. The van der Waals surface area contributed by atoms with Crippen molar-refractivity contribution in [3.63, 3.8) is 0 Å². The van der Waals surface area contributed by atoms with Gasteiger partial charge in [-0.3, -0.25) is 4.57 Å². The van der Waals surface area contributed by atoms with E-state index in [1.807, 2.05) is 0 Å². The largest absolute Gasteiger partial charge is 0.497 e. The highest BCUT2D eigenvalue weighted by molar-refractivity contribution is 5.62. The van der Waals surface area contributed by atoms with Crippen LogP contribution >= 0.6 is 0 Å². The Morgan fingerprint density at radius 2 is 1.96 bits per heavy atom. The molecule has 3 rings (SSSR count). The van der Waals surface area contributed by atoms with Crippen molar-refractivity contribution in [1.82, 2.24) is 19.5 Å². The molecule has 0 aliphatic rings. The molecule has 3 aromatic rings. The molecule has 0 amide bonds. The molecule has 0 saturated heterocycles. The highest BCUT2D eigenvalue weighted by Gasteiger charge is 2.34. The molecule has 0 bridgehead atoms. The van der Waals surface area contributed by atoms with Crippen molar-refractivity contribution in [2.45, 2.75) is 6.18 Å². The first kappa shape index (κ1) is 15.0. The van der Waals surface area contributed by atoms with E-state index >= 15 is 0 Å². The number of benzene rings is 1. The number of hydrogen-bond donors (Lipinski definition) is 0. The zero-order valence-corrected chi connectivity index (χ0v) is 11.9. The van der Waals surface area contributed by atoms with E-state index < -0.39 is 11.9 Å². The monoisotopic (exact) mass is 320 g/mol. The lowest BCUT2D eigenvalue weighted by atomic mass is 10.1. The Kier molecular flexibility index (Phi) is 3.73. The van der Waals surface area contributed by atoms with E-state index in [2.05, 4.69) is 15.0 Å². The van der Waals surface area contributed by atoms with Crippen LogP contribution in [-0.4, -0.2) is 26.6 Å². The van der Waals surface area contributed by atoms with Gasteiger partial charge in [-0.2, -0.15) is 13.2 Å². The van der Waals surface area contributed by atoms with Gasteiger partial charge < -0.3 is 4.74 Å². The lowest BCUT2D eigenvalue weighted by molar-refractivity contribution is -0.141. The third-order valence-corrected chi connectivity index (χ3v) is 3.11. The van der Waals surface area contributed by atoms with Crippen LogP contribution in [0.3, 0.4) is 0 Å². The molecule has 1 aromatic carbocycles. The Labute approximate surface area is 129 Å². The number of aromatic nitrogens is 4. The third kappa shape index (κ3) is 3.15. The fourth-order valence-corrected chi connectivity index (χ4v) is 2.00. The average molecular weight is 320 g/mol. The molecule has 0 atom stereocenters. The number of nitrogens with zero attached hydrogens (tertiary/aromatic N) is 4. The fourth-order valence-electron chi connectivity index (χ4n) is 2.00. The molecule has 0 aliphatic heterocycles. The maximum atomic E-state index is 13.1. The topological polar surface area (TPSA) is 52.8 Å². The Bertz CT molecular complexity index is 816. The summed E-state index contributed by atoms with van der Waals surface area (Å²) in [5.74, 6) is 0.425. The van der Waals surface area contributed by atoms with E-state index in [0.717, 1.165) is 6.07 Å². The highest BCUT2D eigenvalue weighted by atomic mass is 19.4. The summed E-state index contributed by atoms with van der Waals surface area (Å²) in [7, 11) is 1.48. The molecular formula is C15H11F3N4O. The van der Waals surface area contributed by atoms with Gasteiger partial charge in [0.15, 0.2) is 5.69 Å². The zero-order valence-electron chi connectivity index (χ0n) is 11.9. The quantitative estimate of drug-likeness (QED) is 0.742. The van der Waals surface area contributed by atoms with Crippen LogP contribution in [0.15, 0.2) is 49.1 Å². The summed E-state index contributed by atoms with van der Waals surface area (Å²) in [5, 5.41) is 0. The van der Waals surface area contributed by atoms with Crippen LogP contribution < -0.4 is 4.74 Å². The van der Waals surface area contributed by atoms with Crippen LogP contribution in [-0.2, 0) is 6.18 Å². The molecule has 2 aromatic heterocycles. The van der Waals surface area contributed by atoms with Crippen molar-refractivity contribution in [1.29, 1.82) is 0 Å². The van der Waals surface area contributed by atoms with Crippen molar-refractivity contribution in [3.05, 3.63) is 54.7 Å². The lowest BCUT2D eigenvalue weighted by Gasteiger charge is -2.11. The Morgan fingerprint density at radius 1 is 1.13 bits per heavy atom. The first-order valence-corrected chi connectivity index (χ1v) is 6.56. The van der Waals surface area contributed by atoms with E-state index in [4.69, 9.17) is 4.74 Å². The van der Waals surface area contributed by atoms with Gasteiger partial charge in [0.25, 0.3) is 0 Å². The Morgan fingerprint density at radius 3 is 2.61 bits per heavy atom. The molecule has 0 spiro atoms. The van der Waals surface area contributed by atoms with Gasteiger partial charge in [-0.25, -0.2) is 15.0 Å². The van der Waals surface area contributed by atoms with Gasteiger partial charge >= 0.3 is 6.18 Å². The van der Waals surface area contributed by atoms with Crippen LogP contribution in [0.5, 0.6) is 5.75 Å². The number of hydrogen-bond acceptors (Lipinski definition) is 4. The number of imidazole rings is 1. The Balaban J connectivity index is 2.17. The number of halogens is 3.